The molecular weight excluding hydrogens is 342 g/mol. The predicted octanol–water partition coefficient (Wildman–Crippen LogP) is 3.37. The second-order valence-corrected chi connectivity index (χ2v) is 6.76. The minimum absolute atomic E-state index is 0.0294. The number of fused-ring (bicyclic) bond motifs is 1. The summed E-state index contributed by atoms with van der Waals surface area (Å²) in [5.74, 6) is -0.241. The van der Waals surface area contributed by atoms with Gasteiger partial charge in [0.2, 0.25) is 5.91 Å². The summed E-state index contributed by atoms with van der Waals surface area (Å²) in [5, 5.41) is 4.56. The minimum Gasteiger partial charge on any atom is -0.461 e. The van der Waals surface area contributed by atoms with Gasteiger partial charge in [0, 0.05) is 31.0 Å². The summed E-state index contributed by atoms with van der Waals surface area (Å²) in [6, 6.07) is 9.76. The molecule has 0 atom stereocenters. The number of rotatable bonds is 6. The Morgan fingerprint density at radius 1 is 1.15 bits per heavy atom. The summed E-state index contributed by atoms with van der Waals surface area (Å²) in [4.78, 5) is 27.2. The lowest BCUT2D eigenvalue weighted by molar-refractivity contribution is -0.136. The topological polar surface area (TPSA) is 64.4 Å². The third-order valence-electron chi connectivity index (χ3n) is 5.17. The number of para-hydroxylation sites is 1. The summed E-state index contributed by atoms with van der Waals surface area (Å²) in [6.45, 7) is 7.20. The Bertz CT molecular complexity index is 810. The number of hydrogen-bond acceptors (Lipinski definition) is 4. The molecule has 0 N–H and O–H groups in total. The second kappa shape index (κ2) is 8.37. The lowest BCUT2D eigenvalue weighted by Crippen LogP contribution is -2.40. The summed E-state index contributed by atoms with van der Waals surface area (Å²) in [5.41, 5.74) is 3.02. The number of carbonyl (C=O) groups excluding carboxylic acids is 2. The molecule has 1 amide bonds. The molecule has 144 valence electrons. The number of nitrogens with zero attached hydrogens (tertiary/aromatic N) is 3. The molecule has 2 heterocycles. The van der Waals surface area contributed by atoms with E-state index in [2.05, 4.69) is 5.10 Å². The molecule has 1 aromatic carbocycles. The van der Waals surface area contributed by atoms with Crippen LogP contribution in [-0.2, 0) is 22.5 Å². The van der Waals surface area contributed by atoms with E-state index in [4.69, 9.17) is 4.74 Å². The van der Waals surface area contributed by atoms with E-state index >= 15 is 0 Å². The fourth-order valence-corrected chi connectivity index (χ4v) is 3.65. The van der Waals surface area contributed by atoms with Gasteiger partial charge in [-0.2, -0.15) is 5.10 Å². The lowest BCUT2D eigenvalue weighted by Gasteiger charge is -2.30. The zero-order valence-corrected chi connectivity index (χ0v) is 16.3. The van der Waals surface area contributed by atoms with Gasteiger partial charge in [-0.3, -0.25) is 4.79 Å². The van der Waals surface area contributed by atoms with Crippen LogP contribution in [0.1, 0.15) is 55.4 Å². The molecule has 0 saturated heterocycles. The Hall–Kier alpha value is -2.63. The SMILES string of the molecule is CCOC(=O)c1nn(-c2ccccc2)c2c1CN(C(=O)C(CC)CC)CC2. The van der Waals surface area contributed by atoms with Crippen LogP contribution in [0.15, 0.2) is 30.3 Å². The van der Waals surface area contributed by atoms with E-state index in [1.165, 1.54) is 0 Å². The van der Waals surface area contributed by atoms with Crippen LogP contribution in [0.3, 0.4) is 0 Å². The van der Waals surface area contributed by atoms with E-state index < -0.39 is 5.97 Å². The molecule has 1 aromatic heterocycles. The van der Waals surface area contributed by atoms with Crippen molar-refractivity contribution in [3.8, 4) is 5.69 Å². The molecule has 0 saturated carbocycles. The summed E-state index contributed by atoms with van der Waals surface area (Å²) < 4.78 is 7.03. The van der Waals surface area contributed by atoms with E-state index in [0.29, 0.717) is 31.8 Å². The fraction of sp³-hybridized carbons (Fsp3) is 0.476. The number of hydrogen-bond donors (Lipinski definition) is 0. The van der Waals surface area contributed by atoms with Crippen molar-refractivity contribution in [3.63, 3.8) is 0 Å². The fourth-order valence-electron chi connectivity index (χ4n) is 3.65. The van der Waals surface area contributed by atoms with E-state index in [0.717, 1.165) is 29.8 Å². The molecule has 6 heteroatoms. The quantitative estimate of drug-likeness (QED) is 0.733. The van der Waals surface area contributed by atoms with E-state index in [9.17, 15) is 9.59 Å². The van der Waals surface area contributed by atoms with Gasteiger partial charge in [-0.05, 0) is 31.9 Å². The van der Waals surface area contributed by atoms with Crippen LogP contribution >= 0.6 is 0 Å². The highest BCUT2D eigenvalue weighted by Gasteiger charge is 2.32. The monoisotopic (exact) mass is 369 g/mol. The second-order valence-electron chi connectivity index (χ2n) is 6.76. The largest absolute Gasteiger partial charge is 0.461 e. The summed E-state index contributed by atoms with van der Waals surface area (Å²) in [6.07, 6.45) is 2.32. The van der Waals surface area contributed by atoms with Gasteiger partial charge in [-0.15, -0.1) is 0 Å². The molecule has 1 aliphatic heterocycles. The zero-order valence-electron chi connectivity index (χ0n) is 16.3. The Morgan fingerprint density at radius 3 is 2.48 bits per heavy atom. The third-order valence-corrected chi connectivity index (χ3v) is 5.17. The maximum absolute atomic E-state index is 12.8. The molecule has 0 unspecified atom stereocenters. The van der Waals surface area contributed by atoms with E-state index in [1.807, 2.05) is 53.8 Å². The van der Waals surface area contributed by atoms with Gasteiger partial charge in [0.05, 0.1) is 18.0 Å². The van der Waals surface area contributed by atoms with Crippen LogP contribution in [0.2, 0.25) is 0 Å². The van der Waals surface area contributed by atoms with Crippen molar-refractivity contribution in [1.29, 1.82) is 0 Å². The highest BCUT2D eigenvalue weighted by molar-refractivity contribution is 5.90. The van der Waals surface area contributed by atoms with Gasteiger partial charge in [-0.1, -0.05) is 32.0 Å². The first-order chi connectivity index (χ1) is 13.1. The van der Waals surface area contributed by atoms with Gasteiger partial charge >= 0.3 is 5.97 Å². The normalized spacial score (nSPS) is 13.6. The smallest absolute Gasteiger partial charge is 0.359 e. The van der Waals surface area contributed by atoms with Crippen LogP contribution in [0, 0.1) is 5.92 Å². The number of ether oxygens (including phenoxy) is 1. The summed E-state index contributed by atoms with van der Waals surface area (Å²) >= 11 is 0. The highest BCUT2D eigenvalue weighted by Crippen LogP contribution is 2.27. The first-order valence-corrected chi connectivity index (χ1v) is 9.72. The molecule has 0 bridgehead atoms. The minimum atomic E-state index is -0.430. The molecule has 2 aromatic rings. The highest BCUT2D eigenvalue weighted by atomic mass is 16.5. The van der Waals surface area contributed by atoms with Gasteiger partial charge in [0.1, 0.15) is 0 Å². The molecule has 6 nitrogen and oxygen atoms in total. The molecule has 0 aliphatic carbocycles. The molecule has 3 rings (SSSR count). The maximum atomic E-state index is 12.8. The van der Waals surface area contributed by atoms with Crippen LogP contribution in [0.4, 0.5) is 0 Å². The molecular formula is C21H27N3O3. The number of amides is 1. The van der Waals surface area contributed by atoms with E-state index in [-0.39, 0.29) is 11.8 Å². The van der Waals surface area contributed by atoms with Gasteiger partial charge < -0.3 is 9.64 Å². The van der Waals surface area contributed by atoms with Crippen molar-refractivity contribution in [2.24, 2.45) is 5.92 Å². The zero-order chi connectivity index (χ0) is 19.4. The van der Waals surface area contributed by atoms with Crippen LogP contribution in [-0.4, -0.2) is 39.7 Å². The number of aromatic nitrogens is 2. The van der Waals surface area contributed by atoms with Gasteiger partial charge in [0.25, 0.3) is 0 Å². The van der Waals surface area contributed by atoms with Crippen molar-refractivity contribution >= 4 is 11.9 Å². The average Bonchev–Trinajstić information content (AvgIpc) is 3.08. The Kier molecular flexibility index (Phi) is 5.94. The van der Waals surface area contributed by atoms with Crippen molar-refractivity contribution in [2.45, 2.75) is 46.6 Å². The predicted molar refractivity (Wildman–Crippen MR) is 103 cm³/mol. The molecule has 0 fully saturated rings. The van der Waals surface area contributed by atoms with Crippen LogP contribution in [0.25, 0.3) is 5.69 Å². The Morgan fingerprint density at radius 2 is 1.85 bits per heavy atom. The Labute approximate surface area is 160 Å². The Balaban J connectivity index is 1.99. The van der Waals surface area contributed by atoms with Gasteiger partial charge in [0.15, 0.2) is 5.69 Å². The first-order valence-electron chi connectivity index (χ1n) is 9.72. The maximum Gasteiger partial charge on any atom is 0.359 e. The van der Waals surface area contributed by atoms with Crippen molar-refractivity contribution in [1.82, 2.24) is 14.7 Å². The first kappa shape index (κ1) is 19.1. The van der Waals surface area contributed by atoms with Crippen molar-refractivity contribution in [2.75, 3.05) is 13.2 Å². The number of carbonyl (C=O) groups is 2. The average molecular weight is 369 g/mol. The third kappa shape index (κ3) is 3.75. The molecule has 0 spiro atoms. The number of benzene rings is 1. The standard InChI is InChI=1S/C21H27N3O3/c1-4-15(5-2)20(25)23-13-12-18-17(14-23)19(21(26)27-6-3)22-24(18)16-10-8-7-9-11-16/h7-11,15H,4-6,12-14H2,1-3H3. The molecule has 1 aliphatic rings. The van der Waals surface area contributed by atoms with Gasteiger partial charge in [-0.25, -0.2) is 9.48 Å². The van der Waals surface area contributed by atoms with Crippen LogP contribution < -0.4 is 0 Å². The molecule has 27 heavy (non-hydrogen) atoms. The summed E-state index contributed by atoms with van der Waals surface area (Å²) in [7, 11) is 0. The van der Waals surface area contributed by atoms with Crippen molar-refractivity contribution < 1.29 is 14.3 Å². The lowest BCUT2D eigenvalue weighted by atomic mass is 9.98. The molecule has 0 radical (unpaired) electrons. The van der Waals surface area contributed by atoms with E-state index in [1.54, 1.807) is 6.92 Å². The van der Waals surface area contributed by atoms with Crippen LogP contribution in [0.5, 0.6) is 0 Å². The number of esters is 1. The van der Waals surface area contributed by atoms with Crippen molar-refractivity contribution in [3.05, 3.63) is 47.3 Å².